The molecule has 3 heteroatoms. The first-order valence-electron chi connectivity index (χ1n) is 5.71. The van der Waals surface area contributed by atoms with E-state index in [1.807, 2.05) is 6.92 Å². The maximum absolute atomic E-state index is 11.4. The Morgan fingerprint density at radius 2 is 2.14 bits per heavy atom. The van der Waals surface area contributed by atoms with Crippen LogP contribution in [0.15, 0.2) is 0 Å². The topological polar surface area (TPSA) is 38.3 Å². The third-order valence-corrected chi connectivity index (χ3v) is 3.41. The Morgan fingerprint density at radius 1 is 1.43 bits per heavy atom. The lowest BCUT2D eigenvalue weighted by molar-refractivity contribution is -0.167. The van der Waals surface area contributed by atoms with E-state index in [0.717, 1.165) is 25.8 Å². The predicted molar refractivity (Wildman–Crippen MR) is 54.0 cm³/mol. The van der Waals surface area contributed by atoms with Gasteiger partial charge in [-0.05, 0) is 19.3 Å². The predicted octanol–water partition coefficient (Wildman–Crippen LogP) is 1.61. The van der Waals surface area contributed by atoms with Crippen LogP contribution in [0.4, 0.5) is 0 Å². The molecule has 2 fully saturated rings. The maximum Gasteiger partial charge on any atom is 0.249 e. The van der Waals surface area contributed by atoms with Crippen LogP contribution in [0.1, 0.15) is 45.4 Å². The summed E-state index contributed by atoms with van der Waals surface area (Å²) in [7, 11) is 0. The van der Waals surface area contributed by atoms with Crippen molar-refractivity contribution in [1.82, 2.24) is 5.32 Å². The fourth-order valence-corrected chi connectivity index (χ4v) is 2.52. The number of amides is 1. The fraction of sp³-hybridized carbons (Fsp3) is 0.909. The Labute approximate surface area is 85.2 Å². The minimum absolute atomic E-state index is 0.0210. The molecule has 1 atom stereocenters. The monoisotopic (exact) mass is 197 g/mol. The van der Waals surface area contributed by atoms with Crippen LogP contribution in [0.25, 0.3) is 0 Å². The Balaban J connectivity index is 2.03. The molecular formula is C11H19NO2. The molecule has 1 aliphatic carbocycles. The lowest BCUT2D eigenvalue weighted by atomic mass is 9.83. The molecule has 1 amide bonds. The third kappa shape index (κ3) is 1.78. The highest BCUT2D eigenvalue weighted by molar-refractivity contribution is 5.81. The van der Waals surface area contributed by atoms with Gasteiger partial charge in [0.25, 0.3) is 0 Å². The van der Waals surface area contributed by atoms with Crippen molar-refractivity contribution >= 4 is 5.91 Å². The van der Waals surface area contributed by atoms with Gasteiger partial charge in [-0.2, -0.15) is 0 Å². The van der Waals surface area contributed by atoms with E-state index < -0.39 is 0 Å². The molecule has 80 valence electrons. The molecule has 1 saturated heterocycles. The van der Waals surface area contributed by atoms with Gasteiger partial charge < -0.3 is 10.1 Å². The van der Waals surface area contributed by atoms with E-state index in [4.69, 9.17) is 4.74 Å². The Kier molecular flexibility index (Phi) is 2.77. The summed E-state index contributed by atoms with van der Waals surface area (Å²) < 4.78 is 5.96. The normalized spacial score (nSPS) is 31.5. The first-order valence-corrected chi connectivity index (χ1v) is 5.71. The first-order chi connectivity index (χ1) is 6.76. The molecule has 0 aromatic carbocycles. The third-order valence-electron chi connectivity index (χ3n) is 3.41. The van der Waals surface area contributed by atoms with Crippen molar-refractivity contribution in [3.8, 4) is 0 Å². The smallest absolute Gasteiger partial charge is 0.249 e. The summed E-state index contributed by atoms with van der Waals surface area (Å²) in [5.41, 5.74) is -0.0210. The van der Waals surface area contributed by atoms with Gasteiger partial charge in [-0.15, -0.1) is 0 Å². The Bertz CT molecular complexity index is 221. The molecule has 1 aliphatic heterocycles. The van der Waals surface area contributed by atoms with Crippen LogP contribution in [0.3, 0.4) is 0 Å². The molecule has 1 saturated carbocycles. The zero-order valence-electron chi connectivity index (χ0n) is 8.84. The summed E-state index contributed by atoms with van der Waals surface area (Å²) in [6.45, 7) is 2.73. The minimum atomic E-state index is -0.207. The number of hydrogen-bond acceptors (Lipinski definition) is 2. The lowest BCUT2D eigenvalue weighted by Gasteiger charge is -2.43. The summed E-state index contributed by atoms with van der Waals surface area (Å²) in [5.74, 6) is 0.0729. The van der Waals surface area contributed by atoms with Gasteiger partial charge in [-0.3, -0.25) is 4.79 Å². The van der Waals surface area contributed by atoms with Gasteiger partial charge in [-0.1, -0.05) is 26.2 Å². The van der Waals surface area contributed by atoms with Crippen molar-refractivity contribution in [1.29, 1.82) is 0 Å². The molecule has 2 rings (SSSR count). The average Bonchev–Trinajstić information content (AvgIpc) is 2.23. The van der Waals surface area contributed by atoms with E-state index >= 15 is 0 Å². The summed E-state index contributed by atoms with van der Waals surface area (Å²) in [6.07, 6.45) is 6.61. The second kappa shape index (κ2) is 3.89. The SMILES string of the molecule is CCC1OC2(CCCCC2)CNC1=O. The molecule has 3 nitrogen and oxygen atoms in total. The van der Waals surface area contributed by atoms with E-state index in [1.165, 1.54) is 19.3 Å². The number of hydrogen-bond donors (Lipinski definition) is 1. The number of ether oxygens (including phenoxy) is 1. The Hall–Kier alpha value is -0.570. The summed E-state index contributed by atoms with van der Waals surface area (Å²) in [4.78, 5) is 11.4. The molecule has 1 heterocycles. The van der Waals surface area contributed by atoms with Gasteiger partial charge >= 0.3 is 0 Å². The summed E-state index contributed by atoms with van der Waals surface area (Å²) in [5, 5.41) is 2.98. The number of morpholine rings is 1. The highest BCUT2D eigenvalue weighted by atomic mass is 16.5. The van der Waals surface area contributed by atoms with E-state index in [-0.39, 0.29) is 17.6 Å². The molecule has 1 N–H and O–H groups in total. The molecule has 2 aliphatic rings. The van der Waals surface area contributed by atoms with E-state index in [2.05, 4.69) is 5.32 Å². The van der Waals surface area contributed by atoms with E-state index in [1.54, 1.807) is 0 Å². The standard InChI is InChI=1S/C11H19NO2/c1-2-9-10(13)12-8-11(14-9)6-4-3-5-7-11/h9H,2-8H2,1H3,(H,12,13). The highest BCUT2D eigenvalue weighted by Gasteiger charge is 2.40. The van der Waals surface area contributed by atoms with E-state index in [0.29, 0.717) is 0 Å². The quantitative estimate of drug-likeness (QED) is 0.693. The van der Waals surface area contributed by atoms with Gasteiger partial charge in [0.1, 0.15) is 6.10 Å². The molecule has 14 heavy (non-hydrogen) atoms. The largest absolute Gasteiger partial charge is 0.360 e. The molecule has 1 unspecified atom stereocenters. The van der Waals surface area contributed by atoms with Crippen molar-refractivity contribution in [2.75, 3.05) is 6.54 Å². The van der Waals surface area contributed by atoms with Crippen molar-refractivity contribution in [2.45, 2.75) is 57.2 Å². The summed E-state index contributed by atoms with van der Waals surface area (Å²) >= 11 is 0. The fourth-order valence-electron chi connectivity index (χ4n) is 2.52. The van der Waals surface area contributed by atoms with Crippen molar-refractivity contribution in [3.05, 3.63) is 0 Å². The number of rotatable bonds is 1. The highest BCUT2D eigenvalue weighted by Crippen LogP contribution is 2.34. The Morgan fingerprint density at radius 3 is 2.79 bits per heavy atom. The second-order valence-electron chi connectivity index (χ2n) is 4.48. The van der Waals surface area contributed by atoms with Gasteiger partial charge in [0.15, 0.2) is 0 Å². The second-order valence-corrected chi connectivity index (χ2v) is 4.48. The van der Waals surface area contributed by atoms with Crippen molar-refractivity contribution < 1.29 is 9.53 Å². The average molecular weight is 197 g/mol. The van der Waals surface area contributed by atoms with Crippen LogP contribution in [0.5, 0.6) is 0 Å². The van der Waals surface area contributed by atoms with Crippen LogP contribution in [0.2, 0.25) is 0 Å². The number of nitrogens with one attached hydrogen (secondary N) is 1. The van der Waals surface area contributed by atoms with Crippen molar-refractivity contribution in [2.24, 2.45) is 0 Å². The van der Waals surface area contributed by atoms with Crippen LogP contribution >= 0.6 is 0 Å². The molecule has 0 bridgehead atoms. The first kappa shape index (κ1) is 9.97. The number of carbonyl (C=O) groups is 1. The molecule has 0 radical (unpaired) electrons. The van der Waals surface area contributed by atoms with Crippen LogP contribution in [-0.4, -0.2) is 24.2 Å². The van der Waals surface area contributed by atoms with Gasteiger partial charge in [-0.25, -0.2) is 0 Å². The van der Waals surface area contributed by atoms with E-state index in [9.17, 15) is 4.79 Å². The lowest BCUT2D eigenvalue weighted by Crippen LogP contribution is -2.57. The number of carbonyl (C=O) groups excluding carboxylic acids is 1. The zero-order chi connectivity index (χ0) is 10.0. The molecule has 1 spiro atoms. The van der Waals surface area contributed by atoms with Gasteiger partial charge in [0, 0.05) is 6.54 Å². The van der Waals surface area contributed by atoms with Gasteiger partial charge in [0.05, 0.1) is 5.60 Å². The maximum atomic E-state index is 11.4. The summed E-state index contributed by atoms with van der Waals surface area (Å²) in [6, 6.07) is 0. The van der Waals surface area contributed by atoms with Crippen LogP contribution in [0, 0.1) is 0 Å². The van der Waals surface area contributed by atoms with Crippen LogP contribution < -0.4 is 5.32 Å². The van der Waals surface area contributed by atoms with Crippen LogP contribution in [-0.2, 0) is 9.53 Å². The zero-order valence-corrected chi connectivity index (χ0v) is 8.84. The molecule has 0 aromatic heterocycles. The molecular weight excluding hydrogens is 178 g/mol. The minimum Gasteiger partial charge on any atom is -0.360 e. The molecule has 0 aromatic rings. The van der Waals surface area contributed by atoms with Crippen molar-refractivity contribution in [3.63, 3.8) is 0 Å². The van der Waals surface area contributed by atoms with Gasteiger partial charge in [0.2, 0.25) is 5.91 Å².